The summed E-state index contributed by atoms with van der Waals surface area (Å²) in [5.41, 5.74) is 0. The van der Waals surface area contributed by atoms with Crippen molar-refractivity contribution in [2.45, 2.75) is 129 Å². The van der Waals surface area contributed by atoms with Gasteiger partial charge in [-0.25, -0.2) is 0 Å². The highest BCUT2D eigenvalue weighted by atomic mass is 35.5. The highest BCUT2D eigenvalue weighted by Gasteiger charge is 1.97. The maximum atomic E-state index is 10.4. The first kappa shape index (κ1) is 26.0. The smallest absolute Gasteiger partial charge is 0.303 e. The van der Waals surface area contributed by atoms with Crippen molar-refractivity contribution in [1.29, 1.82) is 0 Å². The molecule has 0 heterocycles. The van der Waals surface area contributed by atoms with Crippen LogP contribution in [0.3, 0.4) is 0 Å². The molecule has 0 aromatic rings. The zero-order valence-electron chi connectivity index (χ0n) is 16.2. The molecule has 0 rings (SSSR count). The highest BCUT2D eigenvalue weighted by molar-refractivity contribution is 5.85. The molecule has 0 radical (unpaired) electrons. The Morgan fingerprint density at radius 1 is 0.542 bits per heavy atom. The number of hydrogen-bond donors (Lipinski definition) is 1. The molecule has 0 atom stereocenters. The molecule has 0 aliphatic rings. The fourth-order valence-electron chi connectivity index (χ4n) is 3.18. The van der Waals surface area contributed by atoms with Gasteiger partial charge in [-0.1, -0.05) is 116 Å². The maximum Gasteiger partial charge on any atom is 0.303 e. The fraction of sp³-hybridized carbons (Fsp3) is 0.952. The molecule has 0 aromatic heterocycles. The van der Waals surface area contributed by atoms with Crippen molar-refractivity contribution in [1.82, 2.24) is 0 Å². The molecular weight excluding hydrogens is 320 g/mol. The first-order valence-corrected chi connectivity index (χ1v) is 10.5. The van der Waals surface area contributed by atoms with E-state index in [2.05, 4.69) is 6.92 Å². The number of aliphatic carboxylic acids is 1. The highest BCUT2D eigenvalue weighted by Crippen LogP contribution is 2.14. The summed E-state index contributed by atoms with van der Waals surface area (Å²) < 4.78 is 0. The minimum Gasteiger partial charge on any atom is -0.481 e. The Morgan fingerprint density at radius 3 is 1.04 bits per heavy atom. The zero-order valence-corrected chi connectivity index (χ0v) is 17.0. The van der Waals surface area contributed by atoms with Crippen molar-refractivity contribution < 1.29 is 9.90 Å². The number of unbranched alkanes of at least 4 members (excludes halogenated alkanes) is 17. The molecule has 146 valence electrons. The molecule has 0 aliphatic heterocycles. The van der Waals surface area contributed by atoms with Crippen molar-refractivity contribution in [3.05, 3.63) is 0 Å². The van der Waals surface area contributed by atoms with E-state index in [1.54, 1.807) is 0 Å². The number of halogens is 1. The van der Waals surface area contributed by atoms with E-state index in [4.69, 9.17) is 5.11 Å². The standard InChI is InChI=1S/C21H42O2.ClH/c1-2-3-4-5-6-7-8-9-10-11-12-13-14-15-16-17-18-19-20-21(22)23;/h2-20H2,1H3,(H,22,23);1H. The fourth-order valence-corrected chi connectivity index (χ4v) is 3.18. The Bertz CT molecular complexity index is 244. The van der Waals surface area contributed by atoms with Crippen LogP contribution in [0.5, 0.6) is 0 Å². The van der Waals surface area contributed by atoms with Crippen LogP contribution in [0.1, 0.15) is 129 Å². The Morgan fingerprint density at radius 2 is 0.792 bits per heavy atom. The molecule has 0 aliphatic carbocycles. The number of rotatable bonds is 19. The topological polar surface area (TPSA) is 37.3 Å². The maximum absolute atomic E-state index is 10.4. The van der Waals surface area contributed by atoms with Gasteiger partial charge in [0.05, 0.1) is 0 Å². The van der Waals surface area contributed by atoms with E-state index in [1.165, 1.54) is 103 Å². The lowest BCUT2D eigenvalue weighted by atomic mass is 10.0. The molecular formula is C21H43ClO2. The molecule has 1 N–H and O–H groups in total. The van der Waals surface area contributed by atoms with Gasteiger partial charge in [0.1, 0.15) is 0 Å². The molecule has 0 bridgehead atoms. The monoisotopic (exact) mass is 362 g/mol. The van der Waals surface area contributed by atoms with Gasteiger partial charge in [-0.05, 0) is 6.42 Å². The summed E-state index contributed by atoms with van der Waals surface area (Å²) in [6, 6.07) is 0. The van der Waals surface area contributed by atoms with Gasteiger partial charge in [-0.15, -0.1) is 12.4 Å². The normalized spacial score (nSPS) is 10.5. The summed E-state index contributed by atoms with van der Waals surface area (Å²) in [6.07, 6.45) is 24.6. The summed E-state index contributed by atoms with van der Waals surface area (Å²) in [6.45, 7) is 2.28. The predicted octanol–water partition coefficient (Wildman–Crippen LogP) is 7.92. The van der Waals surface area contributed by atoms with Gasteiger partial charge in [-0.2, -0.15) is 0 Å². The van der Waals surface area contributed by atoms with E-state index in [1.807, 2.05) is 0 Å². The van der Waals surface area contributed by atoms with E-state index >= 15 is 0 Å². The lowest BCUT2D eigenvalue weighted by molar-refractivity contribution is -0.137. The van der Waals surface area contributed by atoms with Crippen LogP contribution in [0.4, 0.5) is 0 Å². The van der Waals surface area contributed by atoms with Gasteiger partial charge in [0.15, 0.2) is 0 Å². The summed E-state index contributed by atoms with van der Waals surface area (Å²) in [4.78, 5) is 10.4. The molecule has 0 aromatic carbocycles. The van der Waals surface area contributed by atoms with Crippen LogP contribution >= 0.6 is 12.4 Å². The Balaban J connectivity index is 0. The second-order valence-corrected chi connectivity index (χ2v) is 7.15. The Hall–Kier alpha value is -0.240. The van der Waals surface area contributed by atoms with Gasteiger partial charge in [0, 0.05) is 6.42 Å². The van der Waals surface area contributed by atoms with Crippen LogP contribution in [0, 0.1) is 0 Å². The average Bonchev–Trinajstić information content (AvgIpc) is 2.53. The zero-order chi connectivity index (χ0) is 17.0. The summed E-state index contributed by atoms with van der Waals surface area (Å²) in [5, 5.41) is 8.55. The van der Waals surface area contributed by atoms with Gasteiger partial charge in [0.2, 0.25) is 0 Å². The summed E-state index contributed by atoms with van der Waals surface area (Å²) in [5.74, 6) is -0.651. The molecule has 3 heteroatoms. The third-order valence-electron chi connectivity index (χ3n) is 4.74. The van der Waals surface area contributed by atoms with Crippen molar-refractivity contribution in [2.75, 3.05) is 0 Å². The van der Waals surface area contributed by atoms with Crippen molar-refractivity contribution in [3.63, 3.8) is 0 Å². The molecule has 0 amide bonds. The van der Waals surface area contributed by atoms with Gasteiger partial charge < -0.3 is 5.11 Å². The van der Waals surface area contributed by atoms with Crippen molar-refractivity contribution >= 4 is 18.4 Å². The van der Waals surface area contributed by atoms with Crippen molar-refractivity contribution in [2.24, 2.45) is 0 Å². The van der Waals surface area contributed by atoms with E-state index in [-0.39, 0.29) is 12.4 Å². The van der Waals surface area contributed by atoms with Crippen LogP contribution in [-0.4, -0.2) is 11.1 Å². The molecule has 0 unspecified atom stereocenters. The summed E-state index contributed by atoms with van der Waals surface area (Å²) >= 11 is 0. The molecule has 0 saturated carbocycles. The lowest BCUT2D eigenvalue weighted by Gasteiger charge is -2.03. The van der Waals surface area contributed by atoms with Gasteiger partial charge in [0.25, 0.3) is 0 Å². The van der Waals surface area contributed by atoms with Crippen LogP contribution in [0.2, 0.25) is 0 Å². The number of carbonyl (C=O) groups is 1. The SMILES string of the molecule is CCCCCCCCCCCCCCCCCCCCC(=O)O.Cl. The quantitative estimate of drug-likeness (QED) is 0.237. The molecule has 2 nitrogen and oxygen atoms in total. The number of hydrogen-bond acceptors (Lipinski definition) is 1. The molecule has 0 spiro atoms. The second-order valence-electron chi connectivity index (χ2n) is 7.15. The van der Waals surface area contributed by atoms with E-state index in [0.29, 0.717) is 6.42 Å². The van der Waals surface area contributed by atoms with E-state index in [0.717, 1.165) is 12.8 Å². The number of carboxylic acids is 1. The summed E-state index contributed by atoms with van der Waals surface area (Å²) in [7, 11) is 0. The van der Waals surface area contributed by atoms with Crippen LogP contribution in [-0.2, 0) is 4.79 Å². The third kappa shape index (κ3) is 24.0. The average molecular weight is 363 g/mol. The van der Waals surface area contributed by atoms with Crippen molar-refractivity contribution in [3.8, 4) is 0 Å². The molecule has 0 saturated heterocycles. The molecule has 24 heavy (non-hydrogen) atoms. The Labute approximate surface area is 157 Å². The predicted molar refractivity (Wildman–Crippen MR) is 108 cm³/mol. The Kier molecular flexibility index (Phi) is 24.7. The largest absolute Gasteiger partial charge is 0.481 e. The van der Waals surface area contributed by atoms with E-state index < -0.39 is 5.97 Å². The van der Waals surface area contributed by atoms with Crippen LogP contribution < -0.4 is 0 Å². The minimum absolute atomic E-state index is 0. The first-order valence-electron chi connectivity index (χ1n) is 10.5. The minimum atomic E-state index is -0.651. The lowest BCUT2D eigenvalue weighted by Crippen LogP contribution is -1.93. The second kappa shape index (κ2) is 22.8. The van der Waals surface area contributed by atoms with Gasteiger partial charge >= 0.3 is 5.97 Å². The van der Waals surface area contributed by atoms with Crippen LogP contribution in [0.25, 0.3) is 0 Å². The number of carboxylic acid groups (broad SMARTS) is 1. The van der Waals surface area contributed by atoms with Gasteiger partial charge in [-0.3, -0.25) is 4.79 Å². The first-order chi connectivity index (χ1) is 11.3. The third-order valence-corrected chi connectivity index (χ3v) is 4.74. The van der Waals surface area contributed by atoms with Crippen LogP contribution in [0.15, 0.2) is 0 Å². The molecule has 0 fully saturated rings. The van der Waals surface area contributed by atoms with E-state index in [9.17, 15) is 4.79 Å².